The average molecular weight is 546 g/mol. The third-order valence-corrected chi connectivity index (χ3v) is 7.75. The summed E-state index contributed by atoms with van der Waals surface area (Å²) in [6, 6.07) is 14.9. The predicted molar refractivity (Wildman–Crippen MR) is 149 cm³/mol. The molecule has 2 aromatic heterocycles. The molecule has 39 heavy (non-hydrogen) atoms. The minimum Gasteiger partial charge on any atom is -0.497 e. The maximum Gasteiger partial charge on any atom is 0.338 e. The first-order valence-corrected chi connectivity index (χ1v) is 13.3. The summed E-state index contributed by atoms with van der Waals surface area (Å²) in [6.45, 7) is 7.63. The summed E-state index contributed by atoms with van der Waals surface area (Å²) in [4.78, 5) is 32.2. The van der Waals surface area contributed by atoms with Crippen LogP contribution >= 0.6 is 11.3 Å². The second kappa shape index (κ2) is 10.5. The van der Waals surface area contributed by atoms with Gasteiger partial charge < -0.3 is 14.0 Å². The second-order valence-electron chi connectivity index (χ2n) is 9.22. The van der Waals surface area contributed by atoms with E-state index in [-0.39, 0.29) is 18.0 Å². The first kappa shape index (κ1) is 26.4. The monoisotopic (exact) mass is 545 g/mol. The van der Waals surface area contributed by atoms with Crippen LogP contribution in [0.5, 0.6) is 5.75 Å². The number of nitrogens with zero attached hydrogens (tertiary/aromatic N) is 3. The number of aromatic nitrogens is 2. The summed E-state index contributed by atoms with van der Waals surface area (Å²) in [5, 5.41) is 0. The fraction of sp³-hybridized carbons (Fsp3) is 0.233. The molecule has 0 bridgehead atoms. The van der Waals surface area contributed by atoms with E-state index in [1.54, 1.807) is 37.7 Å². The molecule has 7 nitrogen and oxygen atoms in total. The predicted octanol–water partition coefficient (Wildman–Crippen LogP) is 4.35. The van der Waals surface area contributed by atoms with Crippen LogP contribution < -0.4 is 19.6 Å². The van der Waals surface area contributed by atoms with Crippen LogP contribution in [0.4, 0.5) is 4.39 Å². The van der Waals surface area contributed by atoms with Gasteiger partial charge in [-0.2, -0.15) is 0 Å². The van der Waals surface area contributed by atoms with Crippen LogP contribution in [0.2, 0.25) is 0 Å². The number of benzene rings is 2. The Labute approximate surface area is 228 Å². The Kier molecular flexibility index (Phi) is 7.10. The summed E-state index contributed by atoms with van der Waals surface area (Å²) in [6.07, 6.45) is 1.85. The van der Waals surface area contributed by atoms with Gasteiger partial charge in [0.05, 0.1) is 35.6 Å². The molecule has 4 aromatic rings. The molecule has 0 N–H and O–H groups in total. The highest BCUT2D eigenvalue weighted by molar-refractivity contribution is 7.07. The summed E-state index contributed by atoms with van der Waals surface area (Å²) in [7, 11) is 1.57. The molecule has 0 saturated heterocycles. The number of hydrogen-bond donors (Lipinski definition) is 0. The van der Waals surface area contributed by atoms with Gasteiger partial charge in [0.25, 0.3) is 5.56 Å². The third-order valence-electron chi connectivity index (χ3n) is 6.77. The molecule has 5 rings (SSSR count). The number of fused-ring (bicyclic) bond motifs is 1. The summed E-state index contributed by atoms with van der Waals surface area (Å²) >= 11 is 1.27. The molecule has 1 aliphatic rings. The van der Waals surface area contributed by atoms with E-state index in [1.807, 2.05) is 54.8 Å². The van der Waals surface area contributed by atoms with Crippen molar-refractivity contribution in [3.05, 3.63) is 114 Å². The number of rotatable bonds is 6. The number of carbonyl (C=O) groups excluding carboxylic acids is 1. The SMILES string of the molecule is CCOC(=O)C1=C(C)N=c2s/c(=C/c3cc(C)n(-c4ccc(F)cc4)c3C)c(=O)n2C1c1cccc(OC)c1. The van der Waals surface area contributed by atoms with Crippen molar-refractivity contribution in [3.63, 3.8) is 0 Å². The van der Waals surface area contributed by atoms with Crippen LogP contribution in [0, 0.1) is 19.7 Å². The Hall–Kier alpha value is -4.24. The van der Waals surface area contributed by atoms with Crippen LogP contribution in [0.3, 0.4) is 0 Å². The minimum atomic E-state index is -0.718. The Morgan fingerprint density at radius 3 is 2.56 bits per heavy atom. The van der Waals surface area contributed by atoms with E-state index in [2.05, 4.69) is 4.99 Å². The molecule has 0 aliphatic carbocycles. The molecule has 9 heteroatoms. The molecule has 1 unspecified atom stereocenters. The largest absolute Gasteiger partial charge is 0.497 e. The Bertz CT molecular complexity index is 1790. The molecule has 0 fully saturated rings. The number of methoxy groups -OCH3 is 1. The van der Waals surface area contributed by atoms with Gasteiger partial charge in [0.15, 0.2) is 4.80 Å². The second-order valence-corrected chi connectivity index (χ2v) is 10.2. The standard InChI is InChI=1S/C30H28FN3O4S/c1-6-38-29(36)26-18(3)32-30-34(27(26)20-8-7-9-24(15-20)37-5)28(35)25(39-30)16-21-14-17(2)33(19(21)4)23-12-10-22(31)11-13-23/h7-16,27H,6H2,1-5H3/b25-16+. The molecule has 3 heterocycles. The number of hydrogen-bond acceptors (Lipinski definition) is 6. The zero-order valence-electron chi connectivity index (χ0n) is 22.3. The summed E-state index contributed by atoms with van der Waals surface area (Å²) in [5.74, 6) is -0.199. The van der Waals surface area contributed by atoms with Crippen molar-refractivity contribution in [2.45, 2.75) is 33.7 Å². The Morgan fingerprint density at radius 2 is 1.87 bits per heavy atom. The smallest absolute Gasteiger partial charge is 0.338 e. The van der Waals surface area contributed by atoms with Gasteiger partial charge in [-0.3, -0.25) is 9.36 Å². The van der Waals surface area contributed by atoms with E-state index in [4.69, 9.17) is 9.47 Å². The molecule has 1 aliphatic heterocycles. The lowest BCUT2D eigenvalue weighted by atomic mass is 9.95. The average Bonchev–Trinajstić information content (AvgIpc) is 3.37. The summed E-state index contributed by atoms with van der Waals surface area (Å²) in [5.41, 5.74) is 4.84. The molecule has 200 valence electrons. The topological polar surface area (TPSA) is 74.8 Å². The van der Waals surface area contributed by atoms with Gasteiger partial charge in [-0.15, -0.1) is 0 Å². The quantitative estimate of drug-likeness (QED) is 0.338. The van der Waals surface area contributed by atoms with Crippen molar-refractivity contribution in [1.82, 2.24) is 9.13 Å². The lowest BCUT2D eigenvalue weighted by molar-refractivity contribution is -0.139. The van der Waals surface area contributed by atoms with Gasteiger partial charge in [0.1, 0.15) is 11.6 Å². The number of thiazole rings is 1. The van der Waals surface area contributed by atoms with Crippen molar-refractivity contribution >= 4 is 23.4 Å². The highest BCUT2D eigenvalue weighted by Crippen LogP contribution is 2.32. The highest BCUT2D eigenvalue weighted by Gasteiger charge is 2.33. The first-order chi connectivity index (χ1) is 18.7. The first-order valence-electron chi connectivity index (χ1n) is 12.5. The fourth-order valence-electron chi connectivity index (χ4n) is 4.98. The molecule has 0 radical (unpaired) electrons. The van der Waals surface area contributed by atoms with Crippen LogP contribution in [0.15, 0.2) is 75.7 Å². The van der Waals surface area contributed by atoms with Crippen LogP contribution in [0.1, 0.15) is 42.4 Å². The van der Waals surface area contributed by atoms with E-state index in [1.165, 1.54) is 23.5 Å². The van der Waals surface area contributed by atoms with Gasteiger partial charge in [0, 0.05) is 17.1 Å². The van der Waals surface area contributed by atoms with Gasteiger partial charge in [0.2, 0.25) is 0 Å². The Balaban J connectivity index is 1.69. The van der Waals surface area contributed by atoms with Crippen molar-refractivity contribution in [2.24, 2.45) is 4.99 Å². The van der Waals surface area contributed by atoms with Crippen molar-refractivity contribution in [1.29, 1.82) is 0 Å². The maximum atomic E-state index is 13.9. The van der Waals surface area contributed by atoms with Crippen LogP contribution in [0.25, 0.3) is 11.8 Å². The number of carbonyl (C=O) groups is 1. The van der Waals surface area contributed by atoms with E-state index in [0.717, 1.165) is 22.6 Å². The number of ether oxygens (including phenoxy) is 2. The van der Waals surface area contributed by atoms with Gasteiger partial charge in [-0.25, -0.2) is 14.2 Å². The number of halogens is 1. The van der Waals surface area contributed by atoms with Gasteiger partial charge in [-0.05, 0) is 87.4 Å². The minimum absolute atomic E-state index is 0.203. The van der Waals surface area contributed by atoms with E-state index < -0.39 is 12.0 Å². The molecular formula is C30H28FN3O4S. The lowest BCUT2D eigenvalue weighted by Crippen LogP contribution is -2.39. The number of allylic oxidation sites excluding steroid dienone is 1. The number of esters is 1. The lowest BCUT2D eigenvalue weighted by Gasteiger charge is -2.25. The van der Waals surface area contributed by atoms with Crippen molar-refractivity contribution in [3.8, 4) is 11.4 Å². The molecule has 0 saturated carbocycles. The molecular weight excluding hydrogens is 517 g/mol. The van der Waals surface area contributed by atoms with E-state index in [0.29, 0.717) is 31.9 Å². The summed E-state index contributed by atoms with van der Waals surface area (Å²) < 4.78 is 28.3. The van der Waals surface area contributed by atoms with Crippen molar-refractivity contribution < 1.29 is 18.7 Å². The number of aryl methyl sites for hydroxylation is 1. The van der Waals surface area contributed by atoms with E-state index in [9.17, 15) is 14.0 Å². The molecule has 0 spiro atoms. The molecule has 1 atom stereocenters. The molecule has 0 amide bonds. The van der Waals surface area contributed by atoms with Gasteiger partial charge in [-0.1, -0.05) is 23.5 Å². The Morgan fingerprint density at radius 1 is 1.13 bits per heavy atom. The van der Waals surface area contributed by atoms with Crippen LogP contribution in [-0.4, -0.2) is 28.8 Å². The zero-order chi connectivity index (χ0) is 27.8. The normalized spacial score (nSPS) is 15.2. The highest BCUT2D eigenvalue weighted by atomic mass is 32.1. The maximum absolute atomic E-state index is 13.9. The molecule has 2 aromatic carbocycles. The third kappa shape index (κ3) is 4.74. The van der Waals surface area contributed by atoms with Crippen molar-refractivity contribution in [2.75, 3.05) is 13.7 Å². The van der Waals surface area contributed by atoms with Crippen LogP contribution in [-0.2, 0) is 9.53 Å². The van der Waals surface area contributed by atoms with Gasteiger partial charge >= 0.3 is 5.97 Å². The van der Waals surface area contributed by atoms with E-state index >= 15 is 0 Å². The zero-order valence-corrected chi connectivity index (χ0v) is 23.1. The fourth-order valence-corrected chi connectivity index (χ4v) is 6.02.